The Kier molecular flexibility index (Phi) is 3.44. The molecular formula is C12H11ClN2O2. The minimum atomic E-state index is 0.371. The van der Waals surface area contributed by atoms with Crippen molar-refractivity contribution in [2.24, 2.45) is 7.05 Å². The summed E-state index contributed by atoms with van der Waals surface area (Å²) in [6, 6.07) is 4.95. The van der Waals surface area contributed by atoms with Gasteiger partial charge in [0.25, 0.3) is 0 Å². The summed E-state index contributed by atoms with van der Waals surface area (Å²) < 4.78 is 7.23. The van der Waals surface area contributed by atoms with Gasteiger partial charge in [-0.2, -0.15) is 5.10 Å². The van der Waals surface area contributed by atoms with Gasteiger partial charge < -0.3 is 4.74 Å². The quantitative estimate of drug-likeness (QED) is 0.783. The number of halogens is 1. The molecule has 0 N–H and O–H groups in total. The first-order valence-electron chi connectivity index (χ1n) is 5.04. The molecule has 0 saturated heterocycles. The van der Waals surface area contributed by atoms with E-state index < -0.39 is 0 Å². The maximum Gasteiger partial charge on any atom is 0.153 e. The molecule has 4 nitrogen and oxygen atoms in total. The van der Waals surface area contributed by atoms with Gasteiger partial charge in [0.15, 0.2) is 6.29 Å². The van der Waals surface area contributed by atoms with E-state index in [0.717, 1.165) is 11.8 Å². The Morgan fingerprint density at radius 2 is 2.35 bits per heavy atom. The van der Waals surface area contributed by atoms with Crippen LogP contribution < -0.4 is 4.74 Å². The number of aryl methyl sites for hydroxylation is 1. The number of aldehydes is 1. The third-order valence-corrected chi connectivity index (χ3v) is 2.49. The van der Waals surface area contributed by atoms with Crippen molar-refractivity contribution >= 4 is 17.9 Å². The molecule has 2 aromatic rings. The van der Waals surface area contributed by atoms with Crippen LogP contribution in [0.5, 0.6) is 5.75 Å². The van der Waals surface area contributed by atoms with E-state index in [2.05, 4.69) is 5.10 Å². The average molecular weight is 251 g/mol. The van der Waals surface area contributed by atoms with Gasteiger partial charge in [-0.3, -0.25) is 9.48 Å². The van der Waals surface area contributed by atoms with Gasteiger partial charge in [-0.1, -0.05) is 11.6 Å². The number of carbonyl (C=O) groups is 1. The first-order valence-corrected chi connectivity index (χ1v) is 5.42. The van der Waals surface area contributed by atoms with E-state index in [9.17, 15) is 4.79 Å². The summed E-state index contributed by atoms with van der Waals surface area (Å²) in [4.78, 5) is 10.8. The van der Waals surface area contributed by atoms with Crippen LogP contribution in [0.3, 0.4) is 0 Å². The molecule has 0 aliphatic heterocycles. The van der Waals surface area contributed by atoms with Crippen LogP contribution in [0.25, 0.3) is 0 Å². The van der Waals surface area contributed by atoms with Gasteiger partial charge in [0.2, 0.25) is 0 Å². The molecule has 0 radical (unpaired) electrons. The lowest BCUT2D eigenvalue weighted by molar-refractivity contribution is 0.111. The number of nitrogens with zero attached hydrogens (tertiary/aromatic N) is 2. The minimum Gasteiger partial charge on any atom is -0.488 e. The lowest BCUT2D eigenvalue weighted by atomic mass is 10.2. The van der Waals surface area contributed by atoms with Gasteiger partial charge in [0.05, 0.1) is 11.8 Å². The molecule has 5 heteroatoms. The third kappa shape index (κ3) is 2.85. The van der Waals surface area contributed by atoms with Crippen LogP contribution in [0.4, 0.5) is 0 Å². The van der Waals surface area contributed by atoms with E-state index in [4.69, 9.17) is 16.3 Å². The van der Waals surface area contributed by atoms with Gasteiger partial charge >= 0.3 is 0 Å². The van der Waals surface area contributed by atoms with Gasteiger partial charge in [-0.05, 0) is 18.2 Å². The number of ether oxygens (including phenoxy) is 1. The Morgan fingerprint density at radius 3 is 3.00 bits per heavy atom. The summed E-state index contributed by atoms with van der Waals surface area (Å²) in [7, 11) is 1.84. The summed E-state index contributed by atoms with van der Waals surface area (Å²) >= 11 is 5.79. The van der Waals surface area contributed by atoms with E-state index in [1.165, 1.54) is 0 Å². The molecule has 0 amide bonds. The lowest BCUT2D eigenvalue weighted by Crippen LogP contribution is -1.97. The van der Waals surface area contributed by atoms with Crippen molar-refractivity contribution in [3.63, 3.8) is 0 Å². The summed E-state index contributed by atoms with van der Waals surface area (Å²) in [5.41, 5.74) is 1.39. The van der Waals surface area contributed by atoms with E-state index in [1.54, 1.807) is 29.1 Å². The molecular weight excluding hydrogens is 240 g/mol. The monoisotopic (exact) mass is 250 g/mol. The van der Waals surface area contributed by atoms with Crippen LogP contribution in [0.2, 0.25) is 5.02 Å². The third-order valence-electron chi connectivity index (χ3n) is 2.25. The highest BCUT2D eigenvalue weighted by molar-refractivity contribution is 6.30. The van der Waals surface area contributed by atoms with E-state index in [-0.39, 0.29) is 0 Å². The molecule has 17 heavy (non-hydrogen) atoms. The maximum absolute atomic E-state index is 10.8. The second-order valence-corrected chi connectivity index (χ2v) is 4.05. The Labute approximate surface area is 104 Å². The van der Waals surface area contributed by atoms with Gasteiger partial charge in [-0.25, -0.2) is 0 Å². The minimum absolute atomic E-state index is 0.371. The number of hydrogen-bond acceptors (Lipinski definition) is 3. The van der Waals surface area contributed by atoms with Gasteiger partial charge in [0, 0.05) is 23.8 Å². The van der Waals surface area contributed by atoms with E-state index in [0.29, 0.717) is 22.9 Å². The van der Waals surface area contributed by atoms with Gasteiger partial charge in [0.1, 0.15) is 12.4 Å². The van der Waals surface area contributed by atoms with Crippen molar-refractivity contribution in [1.82, 2.24) is 9.78 Å². The highest BCUT2D eigenvalue weighted by Crippen LogP contribution is 2.22. The van der Waals surface area contributed by atoms with Crippen molar-refractivity contribution < 1.29 is 9.53 Å². The van der Waals surface area contributed by atoms with Crippen molar-refractivity contribution in [3.8, 4) is 5.75 Å². The van der Waals surface area contributed by atoms with Crippen LogP contribution in [0.1, 0.15) is 15.9 Å². The number of hydrogen-bond donors (Lipinski definition) is 0. The molecule has 0 aliphatic rings. The molecule has 0 saturated carbocycles. The fraction of sp³-hybridized carbons (Fsp3) is 0.167. The summed E-state index contributed by atoms with van der Waals surface area (Å²) in [6.07, 6.45) is 4.30. The number of rotatable bonds is 4. The number of aromatic nitrogens is 2. The average Bonchev–Trinajstić information content (AvgIpc) is 2.73. The molecule has 1 heterocycles. The SMILES string of the molecule is Cn1cc(COc2ccc(Cl)cc2C=O)cn1. The molecule has 0 aliphatic carbocycles. The summed E-state index contributed by atoms with van der Waals surface area (Å²) in [5.74, 6) is 0.522. The largest absolute Gasteiger partial charge is 0.488 e. The smallest absolute Gasteiger partial charge is 0.153 e. The van der Waals surface area contributed by atoms with Crippen molar-refractivity contribution in [3.05, 3.63) is 46.7 Å². The van der Waals surface area contributed by atoms with Crippen LogP contribution >= 0.6 is 11.6 Å². The molecule has 0 bridgehead atoms. The topological polar surface area (TPSA) is 44.1 Å². The number of carbonyl (C=O) groups excluding carboxylic acids is 1. The second-order valence-electron chi connectivity index (χ2n) is 3.61. The maximum atomic E-state index is 10.8. The standard InChI is InChI=1S/C12H11ClN2O2/c1-15-6-9(5-14-15)8-17-12-3-2-11(13)4-10(12)7-16/h2-7H,8H2,1H3. The highest BCUT2D eigenvalue weighted by atomic mass is 35.5. The van der Waals surface area contributed by atoms with Crippen molar-refractivity contribution in [2.45, 2.75) is 6.61 Å². The zero-order chi connectivity index (χ0) is 12.3. The van der Waals surface area contributed by atoms with Crippen LogP contribution in [0, 0.1) is 0 Å². The zero-order valence-electron chi connectivity index (χ0n) is 9.26. The van der Waals surface area contributed by atoms with Crippen molar-refractivity contribution in [1.29, 1.82) is 0 Å². The van der Waals surface area contributed by atoms with Crippen LogP contribution in [-0.4, -0.2) is 16.1 Å². The summed E-state index contributed by atoms with van der Waals surface area (Å²) in [6.45, 7) is 0.371. The zero-order valence-corrected chi connectivity index (χ0v) is 10.0. The van der Waals surface area contributed by atoms with E-state index >= 15 is 0 Å². The molecule has 0 atom stereocenters. The molecule has 0 unspecified atom stereocenters. The predicted octanol–water partition coefficient (Wildman–Crippen LogP) is 2.47. The molecule has 0 fully saturated rings. The Hall–Kier alpha value is -1.81. The molecule has 0 spiro atoms. The first-order chi connectivity index (χ1) is 8.19. The fourth-order valence-electron chi connectivity index (χ4n) is 1.45. The van der Waals surface area contributed by atoms with Crippen LogP contribution in [0.15, 0.2) is 30.6 Å². The highest BCUT2D eigenvalue weighted by Gasteiger charge is 2.05. The second kappa shape index (κ2) is 5.01. The van der Waals surface area contributed by atoms with Crippen molar-refractivity contribution in [2.75, 3.05) is 0 Å². The molecule has 1 aromatic carbocycles. The first kappa shape index (κ1) is 11.7. The normalized spacial score (nSPS) is 10.2. The fourth-order valence-corrected chi connectivity index (χ4v) is 1.63. The molecule has 88 valence electrons. The Bertz CT molecular complexity index is 537. The predicted molar refractivity (Wildman–Crippen MR) is 64.4 cm³/mol. The Balaban J connectivity index is 2.11. The number of benzene rings is 1. The lowest BCUT2D eigenvalue weighted by Gasteiger charge is -2.07. The molecule has 2 rings (SSSR count). The summed E-state index contributed by atoms with van der Waals surface area (Å²) in [5, 5.41) is 4.55. The van der Waals surface area contributed by atoms with Gasteiger partial charge in [-0.15, -0.1) is 0 Å². The van der Waals surface area contributed by atoms with Crippen LogP contribution in [-0.2, 0) is 13.7 Å². The van der Waals surface area contributed by atoms with E-state index in [1.807, 2.05) is 13.2 Å². The Morgan fingerprint density at radius 1 is 1.53 bits per heavy atom. The molecule has 1 aromatic heterocycles.